The molecule has 0 aliphatic heterocycles. The van der Waals surface area contributed by atoms with E-state index in [2.05, 4.69) is 9.97 Å². The number of hydrogen-bond donors (Lipinski definition) is 2. The molecule has 0 saturated carbocycles. The van der Waals surface area contributed by atoms with Crippen LogP contribution >= 0.6 is 23.2 Å². The molecule has 1 aromatic heterocycles. The molecule has 1 heterocycles. The Morgan fingerprint density at radius 1 is 1.41 bits per heavy atom. The molecule has 0 aliphatic carbocycles. The zero-order chi connectivity index (χ0) is 16.4. The molecular formula is C13H10Cl2FN3O3. The Kier molecular flexibility index (Phi) is 4.68. The second kappa shape index (κ2) is 6.33. The van der Waals surface area contributed by atoms with E-state index in [1.54, 1.807) is 6.92 Å². The third kappa shape index (κ3) is 2.90. The van der Waals surface area contributed by atoms with E-state index in [9.17, 15) is 9.18 Å². The summed E-state index contributed by atoms with van der Waals surface area (Å²) in [4.78, 5) is 18.6. The number of aromatic carboxylic acids is 1. The van der Waals surface area contributed by atoms with Crippen molar-refractivity contribution in [2.24, 2.45) is 0 Å². The molecule has 22 heavy (non-hydrogen) atoms. The molecular weight excluding hydrogens is 336 g/mol. The molecule has 0 unspecified atom stereocenters. The SMILES string of the molecule is CCOc1c(Cl)ccc(-c2nc(N)c(Cl)c(C(=O)O)n2)c1F. The van der Waals surface area contributed by atoms with Crippen LogP contribution in [0, 0.1) is 5.82 Å². The number of carbonyl (C=O) groups is 1. The van der Waals surface area contributed by atoms with Gasteiger partial charge in [-0.2, -0.15) is 0 Å². The van der Waals surface area contributed by atoms with Crippen LogP contribution in [0.3, 0.4) is 0 Å². The van der Waals surface area contributed by atoms with E-state index >= 15 is 0 Å². The van der Waals surface area contributed by atoms with Gasteiger partial charge in [0.25, 0.3) is 0 Å². The fourth-order valence-electron chi connectivity index (χ4n) is 1.71. The number of ether oxygens (including phenoxy) is 1. The van der Waals surface area contributed by atoms with Crippen LogP contribution in [0.25, 0.3) is 11.4 Å². The summed E-state index contributed by atoms with van der Waals surface area (Å²) in [7, 11) is 0. The molecule has 6 nitrogen and oxygen atoms in total. The van der Waals surface area contributed by atoms with Crippen molar-refractivity contribution < 1.29 is 19.0 Å². The topological polar surface area (TPSA) is 98.3 Å². The molecule has 9 heteroatoms. The molecule has 2 aromatic rings. The Labute approximate surface area is 134 Å². The molecule has 0 radical (unpaired) electrons. The van der Waals surface area contributed by atoms with Crippen molar-refractivity contribution in [1.29, 1.82) is 0 Å². The second-order valence-electron chi connectivity index (χ2n) is 4.07. The van der Waals surface area contributed by atoms with Crippen LogP contribution < -0.4 is 10.5 Å². The monoisotopic (exact) mass is 345 g/mol. The molecule has 116 valence electrons. The molecule has 0 aliphatic rings. The van der Waals surface area contributed by atoms with E-state index in [0.717, 1.165) is 0 Å². The van der Waals surface area contributed by atoms with Gasteiger partial charge >= 0.3 is 5.97 Å². The van der Waals surface area contributed by atoms with Crippen molar-refractivity contribution in [3.05, 3.63) is 33.7 Å². The number of carboxylic acids is 1. The Balaban J connectivity index is 2.67. The summed E-state index contributed by atoms with van der Waals surface area (Å²) >= 11 is 11.6. The van der Waals surface area contributed by atoms with E-state index in [-0.39, 0.29) is 39.6 Å². The van der Waals surface area contributed by atoms with Gasteiger partial charge in [-0.05, 0) is 19.1 Å². The van der Waals surface area contributed by atoms with Crippen LogP contribution in [0.4, 0.5) is 10.2 Å². The maximum absolute atomic E-state index is 14.5. The lowest BCUT2D eigenvalue weighted by Crippen LogP contribution is -2.08. The van der Waals surface area contributed by atoms with Crippen LogP contribution in [-0.2, 0) is 0 Å². The number of hydrogen-bond acceptors (Lipinski definition) is 5. The summed E-state index contributed by atoms with van der Waals surface area (Å²) in [6.07, 6.45) is 0. The van der Waals surface area contributed by atoms with Crippen LogP contribution in [-0.4, -0.2) is 27.7 Å². The van der Waals surface area contributed by atoms with Crippen molar-refractivity contribution in [2.45, 2.75) is 6.92 Å². The summed E-state index contributed by atoms with van der Waals surface area (Å²) < 4.78 is 19.6. The third-order valence-corrected chi connectivity index (χ3v) is 3.33. The van der Waals surface area contributed by atoms with Gasteiger partial charge in [-0.3, -0.25) is 0 Å². The first kappa shape index (κ1) is 16.3. The number of nitrogen functional groups attached to an aromatic ring is 1. The molecule has 0 fully saturated rings. The van der Waals surface area contributed by atoms with E-state index in [4.69, 9.17) is 38.8 Å². The highest BCUT2D eigenvalue weighted by atomic mass is 35.5. The quantitative estimate of drug-likeness (QED) is 0.882. The van der Waals surface area contributed by atoms with Gasteiger partial charge in [0.2, 0.25) is 0 Å². The molecule has 0 saturated heterocycles. The molecule has 0 spiro atoms. The van der Waals surface area contributed by atoms with Gasteiger partial charge in [0.1, 0.15) is 10.8 Å². The number of halogens is 3. The van der Waals surface area contributed by atoms with Crippen molar-refractivity contribution in [2.75, 3.05) is 12.3 Å². The van der Waals surface area contributed by atoms with Crippen LogP contribution in [0.5, 0.6) is 5.75 Å². The number of aromatic nitrogens is 2. The van der Waals surface area contributed by atoms with E-state index in [1.165, 1.54) is 12.1 Å². The fraction of sp³-hybridized carbons (Fsp3) is 0.154. The smallest absolute Gasteiger partial charge is 0.356 e. The lowest BCUT2D eigenvalue weighted by Gasteiger charge is -2.11. The largest absolute Gasteiger partial charge is 0.489 e. The van der Waals surface area contributed by atoms with Crippen LogP contribution in [0.15, 0.2) is 12.1 Å². The molecule has 1 aromatic carbocycles. The Morgan fingerprint density at radius 2 is 2.09 bits per heavy atom. The van der Waals surface area contributed by atoms with Gasteiger partial charge in [0.05, 0.1) is 17.2 Å². The average molecular weight is 346 g/mol. The number of nitrogens with two attached hydrogens (primary N) is 1. The molecule has 3 N–H and O–H groups in total. The highest BCUT2D eigenvalue weighted by molar-refractivity contribution is 6.35. The summed E-state index contributed by atoms with van der Waals surface area (Å²) in [5.41, 5.74) is 4.93. The minimum atomic E-state index is -1.40. The highest BCUT2D eigenvalue weighted by Crippen LogP contribution is 2.35. The standard InChI is InChI=1S/C13H10Cl2FN3O3/c1-2-22-10-6(14)4-3-5(8(10)16)12-18-9(13(20)21)7(15)11(17)19-12/h3-4H,2H2,1H3,(H,20,21)(H2,17,18,19). The van der Waals surface area contributed by atoms with Crippen molar-refractivity contribution in [1.82, 2.24) is 9.97 Å². The fourth-order valence-corrected chi connectivity index (χ4v) is 2.07. The summed E-state index contributed by atoms with van der Waals surface area (Å²) in [5.74, 6) is -2.88. The van der Waals surface area contributed by atoms with Crippen LogP contribution in [0.2, 0.25) is 10.0 Å². The van der Waals surface area contributed by atoms with Crippen molar-refractivity contribution in [3.8, 4) is 17.1 Å². The van der Waals surface area contributed by atoms with Gasteiger partial charge < -0.3 is 15.6 Å². The van der Waals surface area contributed by atoms with Gasteiger partial charge in [0, 0.05) is 0 Å². The molecule has 2 rings (SSSR count). The maximum Gasteiger partial charge on any atom is 0.356 e. The van der Waals surface area contributed by atoms with E-state index < -0.39 is 17.5 Å². The highest BCUT2D eigenvalue weighted by Gasteiger charge is 2.21. The predicted molar refractivity (Wildman–Crippen MR) is 80.0 cm³/mol. The van der Waals surface area contributed by atoms with E-state index in [1.807, 2.05) is 0 Å². The van der Waals surface area contributed by atoms with Gasteiger partial charge in [-0.1, -0.05) is 23.2 Å². The normalized spacial score (nSPS) is 10.5. The van der Waals surface area contributed by atoms with E-state index in [0.29, 0.717) is 0 Å². The Morgan fingerprint density at radius 3 is 2.68 bits per heavy atom. The lowest BCUT2D eigenvalue weighted by molar-refractivity contribution is 0.0690. The average Bonchev–Trinajstić information content (AvgIpc) is 2.46. The Hall–Kier alpha value is -2.12. The van der Waals surface area contributed by atoms with Crippen molar-refractivity contribution >= 4 is 35.0 Å². The first-order valence-electron chi connectivity index (χ1n) is 6.04. The molecule has 0 bridgehead atoms. The molecule has 0 atom stereocenters. The van der Waals surface area contributed by atoms with Crippen molar-refractivity contribution in [3.63, 3.8) is 0 Å². The summed E-state index contributed by atoms with van der Waals surface area (Å²) in [6.45, 7) is 1.87. The van der Waals surface area contributed by atoms with Gasteiger partial charge in [-0.15, -0.1) is 0 Å². The number of anilines is 1. The summed E-state index contributed by atoms with van der Waals surface area (Å²) in [5, 5.41) is 8.81. The van der Waals surface area contributed by atoms with Gasteiger partial charge in [-0.25, -0.2) is 19.2 Å². The maximum atomic E-state index is 14.5. The first-order chi connectivity index (χ1) is 10.4. The number of nitrogens with zero attached hydrogens (tertiary/aromatic N) is 2. The number of benzene rings is 1. The number of carboxylic acid groups (broad SMARTS) is 1. The minimum absolute atomic E-state index is 0.0727. The first-order valence-corrected chi connectivity index (χ1v) is 6.79. The second-order valence-corrected chi connectivity index (χ2v) is 4.86. The Bertz CT molecular complexity index is 756. The zero-order valence-electron chi connectivity index (χ0n) is 11.2. The minimum Gasteiger partial charge on any atom is -0.489 e. The van der Waals surface area contributed by atoms with Crippen LogP contribution in [0.1, 0.15) is 17.4 Å². The predicted octanol–water partition coefficient (Wildman–Crippen LogP) is 3.27. The lowest BCUT2D eigenvalue weighted by atomic mass is 10.1. The number of rotatable bonds is 4. The summed E-state index contributed by atoms with van der Waals surface area (Å²) in [6, 6.07) is 2.69. The molecule has 0 amide bonds. The zero-order valence-corrected chi connectivity index (χ0v) is 12.7. The van der Waals surface area contributed by atoms with Gasteiger partial charge in [0.15, 0.2) is 23.1 Å². The third-order valence-electron chi connectivity index (χ3n) is 2.66.